The number of rotatable bonds is 5. The first-order valence-corrected chi connectivity index (χ1v) is 10.3. The van der Waals surface area contributed by atoms with Gasteiger partial charge in [0.1, 0.15) is 5.75 Å². The van der Waals surface area contributed by atoms with E-state index in [-0.39, 0.29) is 22.4 Å². The Kier molecular flexibility index (Phi) is 5.69. The fraction of sp³-hybridized carbons (Fsp3) is 0.524. The van der Waals surface area contributed by atoms with Gasteiger partial charge in [0.25, 0.3) is 0 Å². The fourth-order valence-electron chi connectivity index (χ4n) is 4.56. The van der Waals surface area contributed by atoms with Crippen LogP contribution in [0.25, 0.3) is 11.3 Å². The molecular weight excluding hydrogens is 422 g/mol. The van der Waals surface area contributed by atoms with Crippen molar-refractivity contribution < 1.29 is 4.74 Å². The smallest absolute Gasteiger partial charge is 0.203 e. The Morgan fingerprint density at radius 2 is 2.00 bits per heavy atom. The monoisotopic (exact) mass is 449 g/mol. The Bertz CT molecular complexity index is 830. The number of thiazole rings is 1. The lowest BCUT2D eigenvalue weighted by Gasteiger charge is -2.34. The number of nitrogens with zero attached hydrogens (tertiary/aromatic N) is 2. The normalized spacial score (nSPS) is 26.8. The van der Waals surface area contributed by atoms with Crippen molar-refractivity contribution in [3.63, 3.8) is 0 Å². The SMILES string of the molecule is Br.CCOc1ccc(-c2csc(N/N=C3\CC4CCC3(C)C4(C)C)n2)cc1. The Balaban J connectivity index is 0.00000210. The second-order valence-corrected chi connectivity index (χ2v) is 9.02. The topological polar surface area (TPSA) is 46.5 Å². The van der Waals surface area contributed by atoms with Crippen LogP contribution in [-0.2, 0) is 0 Å². The van der Waals surface area contributed by atoms with Crippen molar-refractivity contribution in [1.29, 1.82) is 0 Å². The highest BCUT2D eigenvalue weighted by Gasteiger charge is 2.59. The van der Waals surface area contributed by atoms with E-state index < -0.39 is 0 Å². The van der Waals surface area contributed by atoms with E-state index in [0.717, 1.165) is 34.5 Å². The zero-order chi connectivity index (χ0) is 18.4. The second-order valence-electron chi connectivity index (χ2n) is 8.16. The first-order valence-electron chi connectivity index (χ1n) is 9.46. The van der Waals surface area contributed by atoms with E-state index in [1.165, 1.54) is 18.6 Å². The standard InChI is InChI=1S/C21H27N3OS.BrH/c1-5-25-16-8-6-14(7-9-16)17-13-26-19(22-17)24-23-18-12-15-10-11-21(18,4)20(15,2)3;/h6-9,13,15H,5,10-12H2,1-4H3,(H,22,24);1H/b23-18+;. The molecule has 6 heteroatoms. The van der Waals surface area contributed by atoms with Crippen LogP contribution < -0.4 is 10.2 Å². The van der Waals surface area contributed by atoms with E-state index in [1.807, 2.05) is 19.1 Å². The van der Waals surface area contributed by atoms with Crippen LogP contribution in [-0.4, -0.2) is 17.3 Å². The van der Waals surface area contributed by atoms with Gasteiger partial charge in [0.05, 0.1) is 12.3 Å². The summed E-state index contributed by atoms with van der Waals surface area (Å²) < 4.78 is 5.50. The highest BCUT2D eigenvalue weighted by atomic mass is 79.9. The number of aromatic nitrogens is 1. The summed E-state index contributed by atoms with van der Waals surface area (Å²) in [5, 5.41) is 7.71. The van der Waals surface area contributed by atoms with Crippen LogP contribution in [0.5, 0.6) is 5.75 Å². The fourth-order valence-corrected chi connectivity index (χ4v) is 5.22. The van der Waals surface area contributed by atoms with E-state index >= 15 is 0 Å². The molecule has 2 fully saturated rings. The largest absolute Gasteiger partial charge is 0.494 e. The van der Waals surface area contributed by atoms with Gasteiger partial charge in [0.2, 0.25) is 5.13 Å². The third kappa shape index (κ3) is 3.42. The van der Waals surface area contributed by atoms with Crippen molar-refractivity contribution in [2.45, 2.75) is 47.0 Å². The number of halogens is 1. The van der Waals surface area contributed by atoms with Crippen LogP contribution >= 0.6 is 28.3 Å². The maximum Gasteiger partial charge on any atom is 0.203 e. The van der Waals surface area contributed by atoms with Gasteiger partial charge in [-0.15, -0.1) is 28.3 Å². The molecule has 1 aromatic carbocycles. The molecule has 0 aliphatic heterocycles. The number of hydrazone groups is 1. The van der Waals surface area contributed by atoms with Gasteiger partial charge in [0.15, 0.2) is 0 Å². The minimum Gasteiger partial charge on any atom is -0.494 e. The maximum absolute atomic E-state index is 5.50. The lowest BCUT2D eigenvalue weighted by atomic mass is 9.70. The van der Waals surface area contributed by atoms with Gasteiger partial charge in [-0.1, -0.05) is 20.8 Å². The molecule has 2 atom stereocenters. The van der Waals surface area contributed by atoms with Gasteiger partial charge in [0, 0.05) is 22.1 Å². The number of nitrogens with one attached hydrogen (secondary N) is 1. The summed E-state index contributed by atoms with van der Waals surface area (Å²) in [6.45, 7) is 9.86. The van der Waals surface area contributed by atoms with Crippen LogP contribution in [0.1, 0.15) is 47.0 Å². The van der Waals surface area contributed by atoms with Crippen LogP contribution in [0.15, 0.2) is 34.7 Å². The maximum atomic E-state index is 5.50. The number of anilines is 1. The summed E-state index contributed by atoms with van der Waals surface area (Å²) in [6, 6.07) is 8.08. The molecule has 0 saturated heterocycles. The molecule has 2 unspecified atom stereocenters. The highest BCUT2D eigenvalue weighted by molar-refractivity contribution is 8.93. The summed E-state index contributed by atoms with van der Waals surface area (Å²) in [5.41, 5.74) is 7.18. The number of hydrogen-bond donors (Lipinski definition) is 1. The molecule has 1 N–H and O–H groups in total. The first-order chi connectivity index (χ1) is 12.4. The van der Waals surface area contributed by atoms with Crippen molar-refractivity contribution in [3.8, 4) is 17.0 Å². The van der Waals surface area contributed by atoms with Gasteiger partial charge in [-0.2, -0.15) is 5.10 Å². The molecule has 2 aliphatic rings. The third-order valence-corrected chi connectivity index (χ3v) is 7.51. The van der Waals surface area contributed by atoms with E-state index in [9.17, 15) is 0 Å². The predicted molar refractivity (Wildman–Crippen MR) is 119 cm³/mol. The third-order valence-electron chi connectivity index (χ3n) is 6.76. The molecule has 1 heterocycles. The van der Waals surface area contributed by atoms with Crippen LogP contribution in [0, 0.1) is 16.7 Å². The van der Waals surface area contributed by atoms with Gasteiger partial charge < -0.3 is 4.74 Å². The average molecular weight is 450 g/mol. The lowest BCUT2D eigenvalue weighted by Crippen LogP contribution is -2.32. The van der Waals surface area contributed by atoms with Crippen molar-refractivity contribution >= 4 is 39.2 Å². The number of fused-ring (bicyclic) bond motifs is 2. The molecular formula is C21H28BrN3OS. The molecule has 2 aromatic rings. The molecule has 146 valence electrons. The quantitative estimate of drug-likeness (QED) is 0.536. The Morgan fingerprint density at radius 1 is 1.26 bits per heavy atom. The summed E-state index contributed by atoms with van der Waals surface area (Å²) in [4.78, 5) is 4.70. The van der Waals surface area contributed by atoms with Gasteiger partial charge in [-0.3, -0.25) is 5.43 Å². The zero-order valence-corrected chi connectivity index (χ0v) is 18.9. The Morgan fingerprint density at radius 3 is 2.59 bits per heavy atom. The Labute approximate surface area is 176 Å². The van der Waals surface area contributed by atoms with Gasteiger partial charge in [-0.25, -0.2) is 4.98 Å². The Hall–Kier alpha value is -1.40. The van der Waals surface area contributed by atoms with Crippen molar-refractivity contribution in [3.05, 3.63) is 29.6 Å². The molecule has 1 aromatic heterocycles. The molecule has 0 amide bonds. The summed E-state index contributed by atoms with van der Waals surface area (Å²) in [7, 11) is 0. The highest BCUT2D eigenvalue weighted by Crippen LogP contribution is 2.63. The molecule has 4 rings (SSSR count). The number of benzene rings is 1. The van der Waals surface area contributed by atoms with Crippen LogP contribution in [0.4, 0.5) is 5.13 Å². The van der Waals surface area contributed by atoms with E-state index in [2.05, 4.69) is 43.7 Å². The van der Waals surface area contributed by atoms with Crippen molar-refractivity contribution in [2.75, 3.05) is 12.0 Å². The zero-order valence-electron chi connectivity index (χ0n) is 16.4. The predicted octanol–water partition coefficient (Wildman–Crippen LogP) is 6.40. The van der Waals surface area contributed by atoms with Gasteiger partial charge >= 0.3 is 0 Å². The van der Waals surface area contributed by atoms with Crippen molar-refractivity contribution in [2.24, 2.45) is 21.8 Å². The molecule has 4 nitrogen and oxygen atoms in total. The minimum absolute atomic E-state index is 0. The van der Waals surface area contributed by atoms with E-state index in [4.69, 9.17) is 14.8 Å². The molecule has 2 saturated carbocycles. The number of ether oxygens (including phenoxy) is 1. The average Bonchev–Trinajstić information content (AvgIpc) is 3.23. The minimum atomic E-state index is 0. The van der Waals surface area contributed by atoms with E-state index in [0.29, 0.717) is 12.0 Å². The van der Waals surface area contributed by atoms with Crippen LogP contribution in [0.2, 0.25) is 0 Å². The summed E-state index contributed by atoms with van der Waals surface area (Å²) in [6.07, 6.45) is 3.70. The number of hydrogen-bond acceptors (Lipinski definition) is 5. The lowest BCUT2D eigenvalue weighted by molar-refractivity contribution is 0.194. The molecule has 0 radical (unpaired) electrons. The molecule has 27 heavy (non-hydrogen) atoms. The second kappa shape index (κ2) is 7.55. The molecule has 2 aliphatic carbocycles. The van der Waals surface area contributed by atoms with E-state index in [1.54, 1.807) is 11.3 Å². The van der Waals surface area contributed by atoms with Gasteiger partial charge in [-0.05, 0) is 61.8 Å². The molecule has 2 bridgehead atoms. The summed E-state index contributed by atoms with van der Waals surface area (Å²) in [5.74, 6) is 1.66. The molecule has 0 spiro atoms. The van der Waals surface area contributed by atoms with Crippen molar-refractivity contribution in [1.82, 2.24) is 4.98 Å². The summed E-state index contributed by atoms with van der Waals surface area (Å²) >= 11 is 1.60. The van der Waals surface area contributed by atoms with Crippen LogP contribution in [0.3, 0.4) is 0 Å². The first kappa shape index (κ1) is 20.3.